The van der Waals surface area contributed by atoms with Crippen LogP contribution in [0.25, 0.3) is 0 Å². The van der Waals surface area contributed by atoms with E-state index in [9.17, 15) is 4.79 Å². The number of anilines is 1. The van der Waals surface area contributed by atoms with Crippen LogP contribution >= 0.6 is 0 Å². The lowest BCUT2D eigenvalue weighted by molar-refractivity contribution is -0.123. The van der Waals surface area contributed by atoms with Crippen LogP contribution in [0.1, 0.15) is 6.42 Å². The van der Waals surface area contributed by atoms with Gasteiger partial charge in [0.1, 0.15) is 5.75 Å². The van der Waals surface area contributed by atoms with Gasteiger partial charge in [0.2, 0.25) is 0 Å². The molecule has 1 amide bonds. The van der Waals surface area contributed by atoms with E-state index < -0.39 is 0 Å². The summed E-state index contributed by atoms with van der Waals surface area (Å²) in [6.07, 6.45) is 5.56. The molecule has 84 valence electrons. The Hall–Kier alpha value is -2.15. The molecule has 0 unspecified atom stereocenters. The van der Waals surface area contributed by atoms with Crippen LogP contribution in [0.15, 0.2) is 24.3 Å². The maximum absolute atomic E-state index is 11.3. The third-order valence-electron chi connectivity index (χ3n) is 1.87. The number of amides is 1. The Bertz CT molecular complexity index is 396. The first kappa shape index (κ1) is 11.9. The number of nitrogens with two attached hydrogens (primary N) is 1. The highest BCUT2D eigenvalue weighted by Crippen LogP contribution is 2.19. The van der Waals surface area contributed by atoms with Crippen molar-refractivity contribution in [3.63, 3.8) is 0 Å². The fourth-order valence-electron chi connectivity index (χ4n) is 1.08. The number of nitrogen functional groups attached to an aromatic ring is 1. The zero-order valence-electron chi connectivity index (χ0n) is 8.90. The van der Waals surface area contributed by atoms with Crippen molar-refractivity contribution in [1.82, 2.24) is 5.32 Å². The summed E-state index contributed by atoms with van der Waals surface area (Å²) < 4.78 is 5.24. The Morgan fingerprint density at radius 1 is 1.50 bits per heavy atom. The average Bonchev–Trinajstić information content (AvgIpc) is 2.28. The molecule has 4 heteroatoms. The molecule has 1 rings (SSSR count). The van der Waals surface area contributed by atoms with Crippen LogP contribution in [0.4, 0.5) is 5.69 Å². The first-order chi connectivity index (χ1) is 7.74. The van der Waals surface area contributed by atoms with Gasteiger partial charge < -0.3 is 15.8 Å². The minimum absolute atomic E-state index is 0.0568. The molecule has 0 aromatic heterocycles. The highest BCUT2D eigenvalue weighted by molar-refractivity contribution is 5.77. The number of hydrogen-bond donors (Lipinski definition) is 2. The van der Waals surface area contributed by atoms with Gasteiger partial charge in [-0.25, -0.2) is 0 Å². The van der Waals surface area contributed by atoms with Crippen molar-refractivity contribution in [3.05, 3.63) is 24.3 Å². The van der Waals surface area contributed by atoms with Crippen LogP contribution in [0.3, 0.4) is 0 Å². The number of para-hydroxylation sites is 2. The largest absolute Gasteiger partial charge is 0.482 e. The SMILES string of the molecule is C#CCCNC(=O)COc1ccccc1N. The molecule has 0 aliphatic rings. The molecule has 0 heterocycles. The second-order valence-electron chi connectivity index (χ2n) is 3.13. The number of ether oxygens (including phenoxy) is 1. The fraction of sp³-hybridized carbons (Fsp3) is 0.250. The van der Waals surface area contributed by atoms with Crippen LogP contribution in [-0.4, -0.2) is 19.1 Å². The van der Waals surface area contributed by atoms with E-state index in [0.717, 1.165) is 0 Å². The van der Waals surface area contributed by atoms with Crippen molar-refractivity contribution in [2.24, 2.45) is 0 Å². The molecular weight excluding hydrogens is 204 g/mol. The molecule has 0 radical (unpaired) electrons. The van der Waals surface area contributed by atoms with Crippen molar-refractivity contribution < 1.29 is 9.53 Å². The molecule has 0 saturated heterocycles. The third-order valence-corrected chi connectivity index (χ3v) is 1.87. The zero-order chi connectivity index (χ0) is 11.8. The average molecular weight is 218 g/mol. The van der Waals surface area contributed by atoms with E-state index in [1.807, 2.05) is 0 Å². The van der Waals surface area contributed by atoms with Crippen molar-refractivity contribution in [1.29, 1.82) is 0 Å². The molecule has 0 bridgehead atoms. The van der Waals surface area contributed by atoms with Gasteiger partial charge in [0.15, 0.2) is 6.61 Å². The first-order valence-electron chi connectivity index (χ1n) is 4.91. The van der Waals surface area contributed by atoms with Crippen molar-refractivity contribution in [2.75, 3.05) is 18.9 Å². The van der Waals surface area contributed by atoms with Gasteiger partial charge in [-0.1, -0.05) is 12.1 Å². The molecule has 0 spiro atoms. The monoisotopic (exact) mass is 218 g/mol. The quantitative estimate of drug-likeness (QED) is 0.436. The summed E-state index contributed by atoms with van der Waals surface area (Å²) in [5, 5.41) is 2.63. The van der Waals surface area contributed by atoms with E-state index in [-0.39, 0.29) is 12.5 Å². The molecule has 0 aliphatic heterocycles. The van der Waals surface area contributed by atoms with Gasteiger partial charge >= 0.3 is 0 Å². The summed E-state index contributed by atoms with van der Waals surface area (Å²) in [7, 11) is 0. The maximum Gasteiger partial charge on any atom is 0.257 e. The molecule has 1 aromatic rings. The van der Waals surface area contributed by atoms with Gasteiger partial charge in [0.05, 0.1) is 5.69 Å². The van der Waals surface area contributed by atoms with Crippen LogP contribution in [-0.2, 0) is 4.79 Å². The van der Waals surface area contributed by atoms with E-state index in [1.54, 1.807) is 24.3 Å². The molecule has 3 N–H and O–H groups in total. The van der Waals surface area contributed by atoms with Gasteiger partial charge in [-0.15, -0.1) is 12.3 Å². The number of nitrogens with one attached hydrogen (secondary N) is 1. The molecule has 0 aliphatic carbocycles. The molecule has 0 saturated carbocycles. The molecule has 16 heavy (non-hydrogen) atoms. The van der Waals surface area contributed by atoms with Crippen LogP contribution in [0.5, 0.6) is 5.75 Å². The van der Waals surface area contributed by atoms with Crippen LogP contribution in [0, 0.1) is 12.3 Å². The summed E-state index contributed by atoms with van der Waals surface area (Å²) in [5.74, 6) is 2.73. The molecular formula is C12H14N2O2. The van der Waals surface area contributed by atoms with Crippen molar-refractivity contribution in [2.45, 2.75) is 6.42 Å². The minimum atomic E-state index is -0.210. The third kappa shape index (κ3) is 3.93. The number of rotatable bonds is 5. The van der Waals surface area contributed by atoms with Gasteiger partial charge in [0, 0.05) is 13.0 Å². The summed E-state index contributed by atoms with van der Waals surface area (Å²) in [5.41, 5.74) is 6.16. The Morgan fingerprint density at radius 3 is 2.94 bits per heavy atom. The van der Waals surface area contributed by atoms with E-state index in [1.165, 1.54) is 0 Å². The van der Waals surface area contributed by atoms with Gasteiger partial charge in [-0.05, 0) is 12.1 Å². The highest BCUT2D eigenvalue weighted by Gasteiger charge is 2.03. The Balaban J connectivity index is 2.32. The molecule has 1 aromatic carbocycles. The van der Waals surface area contributed by atoms with Crippen LogP contribution < -0.4 is 15.8 Å². The second kappa shape index (κ2) is 6.36. The lowest BCUT2D eigenvalue weighted by atomic mass is 10.3. The van der Waals surface area contributed by atoms with Crippen molar-refractivity contribution in [3.8, 4) is 18.1 Å². The van der Waals surface area contributed by atoms with Gasteiger partial charge in [-0.3, -0.25) is 4.79 Å². The number of hydrogen-bond acceptors (Lipinski definition) is 3. The van der Waals surface area contributed by atoms with E-state index >= 15 is 0 Å². The van der Waals surface area contributed by atoms with E-state index in [4.69, 9.17) is 16.9 Å². The number of terminal acetylenes is 1. The number of carbonyl (C=O) groups excluding carboxylic acids is 1. The summed E-state index contributed by atoms with van der Waals surface area (Å²) >= 11 is 0. The van der Waals surface area contributed by atoms with E-state index in [0.29, 0.717) is 24.4 Å². The maximum atomic E-state index is 11.3. The van der Waals surface area contributed by atoms with Gasteiger partial charge in [0.25, 0.3) is 5.91 Å². The standard InChI is InChI=1S/C12H14N2O2/c1-2-3-8-14-12(15)9-16-11-7-5-4-6-10(11)13/h1,4-7H,3,8-9,13H2,(H,14,15). The zero-order valence-corrected chi connectivity index (χ0v) is 8.90. The lowest BCUT2D eigenvalue weighted by Gasteiger charge is -2.08. The topological polar surface area (TPSA) is 64.3 Å². The summed E-state index contributed by atoms with van der Waals surface area (Å²) in [4.78, 5) is 11.3. The van der Waals surface area contributed by atoms with Gasteiger partial charge in [-0.2, -0.15) is 0 Å². The predicted molar refractivity (Wildman–Crippen MR) is 62.8 cm³/mol. The summed E-state index contributed by atoms with van der Waals surface area (Å²) in [6, 6.07) is 7.02. The fourth-order valence-corrected chi connectivity index (χ4v) is 1.08. The number of benzene rings is 1. The lowest BCUT2D eigenvalue weighted by Crippen LogP contribution is -2.29. The second-order valence-corrected chi connectivity index (χ2v) is 3.13. The molecule has 0 fully saturated rings. The van der Waals surface area contributed by atoms with Crippen molar-refractivity contribution >= 4 is 11.6 Å². The van der Waals surface area contributed by atoms with E-state index in [2.05, 4.69) is 11.2 Å². The highest BCUT2D eigenvalue weighted by atomic mass is 16.5. The number of carbonyl (C=O) groups is 1. The Morgan fingerprint density at radius 2 is 2.25 bits per heavy atom. The Labute approximate surface area is 94.8 Å². The smallest absolute Gasteiger partial charge is 0.257 e. The molecule has 4 nitrogen and oxygen atoms in total. The van der Waals surface area contributed by atoms with Crippen LogP contribution in [0.2, 0.25) is 0 Å². The molecule has 0 atom stereocenters. The predicted octanol–water partition coefficient (Wildman–Crippen LogP) is 0.787. The minimum Gasteiger partial charge on any atom is -0.482 e. The normalized spacial score (nSPS) is 9.19. The first-order valence-corrected chi connectivity index (χ1v) is 4.91. The Kier molecular flexibility index (Phi) is 4.74. The summed E-state index contributed by atoms with van der Waals surface area (Å²) in [6.45, 7) is 0.405.